The molecule has 0 unspecified atom stereocenters. The molecule has 0 saturated heterocycles. The maximum absolute atomic E-state index is 11.6. The van der Waals surface area contributed by atoms with Gasteiger partial charge in [-0.25, -0.2) is 0 Å². The fourth-order valence-electron chi connectivity index (χ4n) is 2.57. The van der Waals surface area contributed by atoms with Crippen molar-refractivity contribution >= 4 is 16.7 Å². The number of amides is 1. The molecule has 2 N–H and O–H groups in total. The molecule has 1 aliphatic rings. The molecule has 1 amide bonds. The molecule has 0 spiro atoms. The molecule has 2 aromatic rings. The van der Waals surface area contributed by atoms with E-state index in [1.165, 1.54) is 16.3 Å². The first-order chi connectivity index (χ1) is 10.3. The molecule has 0 bridgehead atoms. The summed E-state index contributed by atoms with van der Waals surface area (Å²) in [5, 5.41) is 9.04. The summed E-state index contributed by atoms with van der Waals surface area (Å²) < 4.78 is 0. The molecule has 0 atom stereocenters. The van der Waals surface area contributed by atoms with Crippen molar-refractivity contribution in [3.8, 4) is 0 Å². The van der Waals surface area contributed by atoms with Crippen LogP contribution in [0.2, 0.25) is 0 Å². The van der Waals surface area contributed by atoms with Crippen LogP contribution in [0.15, 0.2) is 42.5 Å². The first-order valence-corrected chi connectivity index (χ1v) is 7.79. The number of hydrogen-bond acceptors (Lipinski definition) is 2. The maximum atomic E-state index is 11.6. The monoisotopic (exact) mass is 282 g/mol. The Kier molecular flexibility index (Phi) is 4.51. The third-order valence-corrected chi connectivity index (χ3v) is 3.90. The first kappa shape index (κ1) is 14.1. The van der Waals surface area contributed by atoms with E-state index in [0.29, 0.717) is 12.5 Å². The Morgan fingerprint density at radius 1 is 1.10 bits per heavy atom. The van der Waals surface area contributed by atoms with Crippen molar-refractivity contribution in [3.05, 3.63) is 48.0 Å². The molecule has 3 rings (SSSR count). The first-order valence-electron chi connectivity index (χ1n) is 7.79. The van der Waals surface area contributed by atoms with E-state index < -0.39 is 0 Å². The summed E-state index contributed by atoms with van der Waals surface area (Å²) in [6, 6.07) is 15.3. The average molecular weight is 282 g/mol. The highest BCUT2D eigenvalue weighted by atomic mass is 16.1. The average Bonchev–Trinajstić information content (AvgIpc) is 3.31. The van der Waals surface area contributed by atoms with Gasteiger partial charge in [0.2, 0.25) is 5.91 Å². The highest BCUT2D eigenvalue weighted by Gasteiger charge is 2.22. The van der Waals surface area contributed by atoms with Gasteiger partial charge in [-0.3, -0.25) is 4.79 Å². The van der Waals surface area contributed by atoms with Gasteiger partial charge in [-0.15, -0.1) is 0 Å². The predicted molar refractivity (Wildman–Crippen MR) is 86.1 cm³/mol. The van der Waals surface area contributed by atoms with E-state index in [2.05, 4.69) is 53.1 Å². The third-order valence-electron chi connectivity index (χ3n) is 3.90. The van der Waals surface area contributed by atoms with Crippen LogP contribution in [0.1, 0.15) is 31.2 Å². The van der Waals surface area contributed by atoms with E-state index in [4.69, 9.17) is 0 Å². The highest BCUT2D eigenvalue weighted by molar-refractivity contribution is 5.85. The van der Waals surface area contributed by atoms with Crippen LogP contribution in [0.4, 0.5) is 0 Å². The molecule has 3 nitrogen and oxygen atoms in total. The van der Waals surface area contributed by atoms with Crippen molar-refractivity contribution < 1.29 is 4.79 Å². The minimum absolute atomic E-state index is 0.199. The second kappa shape index (κ2) is 6.72. The number of hydrogen-bond donors (Lipinski definition) is 2. The Labute approximate surface area is 125 Å². The molecule has 21 heavy (non-hydrogen) atoms. The number of rotatable bonds is 7. The zero-order chi connectivity index (χ0) is 14.5. The normalized spacial score (nSPS) is 14.3. The minimum Gasteiger partial charge on any atom is -0.353 e. The minimum atomic E-state index is 0.199. The number of fused-ring (bicyclic) bond motifs is 1. The Hall–Kier alpha value is -1.87. The van der Waals surface area contributed by atoms with E-state index >= 15 is 0 Å². The van der Waals surface area contributed by atoms with Crippen LogP contribution in [0.25, 0.3) is 10.8 Å². The smallest absolute Gasteiger partial charge is 0.220 e. The van der Waals surface area contributed by atoms with Gasteiger partial charge >= 0.3 is 0 Å². The molecular weight excluding hydrogens is 260 g/mol. The zero-order valence-corrected chi connectivity index (χ0v) is 12.3. The number of carbonyl (C=O) groups is 1. The van der Waals surface area contributed by atoms with Crippen LogP contribution in [0.5, 0.6) is 0 Å². The Balaban J connectivity index is 1.43. The lowest BCUT2D eigenvalue weighted by molar-refractivity contribution is -0.121. The van der Waals surface area contributed by atoms with Gasteiger partial charge in [0, 0.05) is 19.0 Å². The second-order valence-corrected chi connectivity index (χ2v) is 5.76. The van der Waals surface area contributed by atoms with Gasteiger partial charge in [0.25, 0.3) is 0 Å². The maximum Gasteiger partial charge on any atom is 0.220 e. The fraction of sp³-hybridized carbons (Fsp3) is 0.389. The molecule has 1 fully saturated rings. The van der Waals surface area contributed by atoms with Gasteiger partial charge in [-0.2, -0.15) is 0 Å². The van der Waals surface area contributed by atoms with Gasteiger partial charge < -0.3 is 10.6 Å². The topological polar surface area (TPSA) is 41.1 Å². The third kappa shape index (κ3) is 4.05. The zero-order valence-electron chi connectivity index (χ0n) is 12.3. The molecule has 0 radical (unpaired) electrons. The summed E-state index contributed by atoms with van der Waals surface area (Å²) in [6.45, 7) is 1.73. The molecule has 1 aliphatic carbocycles. The van der Waals surface area contributed by atoms with E-state index in [1.54, 1.807) is 0 Å². The van der Waals surface area contributed by atoms with Gasteiger partial charge in [0.1, 0.15) is 0 Å². The lowest BCUT2D eigenvalue weighted by Crippen LogP contribution is -2.26. The fourth-order valence-corrected chi connectivity index (χ4v) is 2.57. The van der Waals surface area contributed by atoms with Crippen LogP contribution >= 0.6 is 0 Å². The highest BCUT2D eigenvalue weighted by Crippen LogP contribution is 2.19. The molecule has 3 heteroatoms. The standard InChI is InChI=1S/C18H22N2O/c21-18(20-16-10-11-16)9-4-12-19-13-15-7-3-6-14-5-1-2-8-17(14)15/h1-3,5-8,16,19H,4,9-13H2,(H,20,21). The molecule has 0 aromatic heterocycles. The summed E-state index contributed by atoms with van der Waals surface area (Å²) in [7, 11) is 0. The van der Waals surface area contributed by atoms with E-state index in [1.807, 2.05) is 0 Å². The molecular formula is C18H22N2O. The molecule has 0 aliphatic heterocycles. The molecule has 2 aromatic carbocycles. The van der Waals surface area contributed by atoms with Crippen molar-refractivity contribution in [1.82, 2.24) is 10.6 Å². The lowest BCUT2D eigenvalue weighted by atomic mass is 10.0. The van der Waals surface area contributed by atoms with Gasteiger partial charge in [0.15, 0.2) is 0 Å². The number of benzene rings is 2. The van der Waals surface area contributed by atoms with Crippen molar-refractivity contribution in [3.63, 3.8) is 0 Å². The van der Waals surface area contributed by atoms with Crippen molar-refractivity contribution in [2.75, 3.05) is 6.54 Å². The largest absolute Gasteiger partial charge is 0.353 e. The van der Waals surface area contributed by atoms with E-state index in [-0.39, 0.29) is 5.91 Å². The Morgan fingerprint density at radius 3 is 2.76 bits per heavy atom. The van der Waals surface area contributed by atoms with Crippen LogP contribution in [-0.2, 0) is 11.3 Å². The van der Waals surface area contributed by atoms with Crippen molar-refractivity contribution in [1.29, 1.82) is 0 Å². The molecule has 110 valence electrons. The summed E-state index contributed by atoms with van der Waals surface area (Å²) >= 11 is 0. The Morgan fingerprint density at radius 2 is 1.90 bits per heavy atom. The summed E-state index contributed by atoms with van der Waals surface area (Å²) in [4.78, 5) is 11.6. The van der Waals surface area contributed by atoms with Crippen LogP contribution in [-0.4, -0.2) is 18.5 Å². The van der Waals surface area contributed by atoms with Crippen LogP contribution < -0.4 is 10.6 Å². The second-order valence-electron chi connectivity index (χ2n) is 5.76. The van der Waals surface area contributed by atoms with Crippen LogP contribution in [0, 0.1) is 0 Å². The number of carbonyl (C=O) groups excluding carboxylic acids is 1. The summed E-state index contributed by atoms with van der Waals surface area (Å²) in [5.41, 5.74) is 1.32. The Bertz CT molecular complexity index is 614. The van der Waals surface area contributed by atoms with E-state index in [0.717, 1.165) is 32.4 Å². The van der Waals surface area contributed by atoms with Gasteiger partial charge in [-0.1, -0.05) is 42.5 Å². The lowest BCUT2D eigenvalue weighted by Gasteiger charge is -2.08. The molecule has 1 saturated carbocycles. The SMILES string of the molecule is O=C(CCCNCc1cccc2ccccc12)NC1CC1. The quantitative estimate of drug-likeness (QED) is 0.767. The van der Waals surface area contributed by atoms with Gasteiger partial charge in [-0.05, 0) is 42.1 Å². The molecule has 0 heterocycles. The summed E-state index contributed by atoms with van der Waals surface area (Å²) in [5.74, 6) is 0.199. The number of nitrogens with one attached hydrogen (secondary N) is 2. The summed E-state index contributed by atoms with van der Waals surface area (Å²) in [6.07, 6.45) is 3.83. The van der Waals surface area contributed by atoms with Gasteiger partial charge in [0.05, 0.1) is 0 Å². The van der Waals surface area contributed by atoms with E-state index in [9.17, 15) is 4.79 Å². The van der Waals surface area contributed by atoms with Crippen molar-refractivity contribution in [2.45, 2.75) is 38.3 Å². The predicted octanol–water partition coefficient (Wildman–Crippen LogP) is 2.99. The van der Waals surface area contributed by atoms with Crippen molar-refractivity contribution in [2.24, 2.45) is 0 Å². The van der Waals surface area contributed by atoms with Crippen LogP contribution in [0.3, 0.4) is 0 Å².